The molecule has 0 aliphatic heterocycles. The van der Waals surface area contributed by atoms with E-state index in [0.29, 0.717) is 21.1 Å². The van der Waals surface area contributed by atoms with E-state index < -0.39 is 0 Å². The molecule has 27 heavy (non-hydrogen) atoms. The highest BCUT2D eigenvalue weighted by atomic mass is 35.5. The fourth-order valence-electron chi connectivity index (χ4n) is 2.82. The molecule has 0 radical (unpaired) electrons. The minimum atomic E-state index is -0.390. The summed E-state index contributed by atoms with van der Waals surface area (Å²) in [6.07, 6.45) is 0. The second-order valence-corrected chi connectivity index (χ2v) is 8.22. The van der Waals surface area contributed by atoms with Gasteiger partial charge in [0.15, 0.2) is 5.16 Å². The maximum absolute atomic E-state index is 13.3. The molecule has 1 amide bonds. The molecule has 0 aliphatic carbocycles. The monoisotopic (exact) mass is 401 g/mol. The van der Waals surface area contributed by atoms with Gasteiger partial charge in [0.1, 0.15) is 0 Å². The van der Waals surface area contributed by atoms with Crippen molar-refractivity contribution in [3.05, 3.63) is 63.4 Å². The molecule has 3 rings (SSSR count). The summed E-state index contributed by atoms with van der Waals surface area (Å²) in [7, 11) is 3.42. The lowest BCUT2D eigenvalue weighted by Crippen LogP contribution is -2.31. The van der Waals surface area contributed by atoms with Crippen molar-refractivity contribution in [1.29, 1.82) is 0 Å². The molecule has 1 atom stereocenters. The molecular formula is C20H20ClN3O2S. The summed E-state index contributed by atoms with van der Waals surface area (Å²) in [5, 5.41) is 1.07. The Hall–Kier alpha value is -2.31. The zero-order valence-corrected chi connectivity index (χ0v) is 17.1. The van der Waals surface area contributed by atoms with Gasteiger partial charge in [0.05, 0.1) is 21.8 Å². The smallest absolute Gasteiger partial charge is 0.266 e. The summed E-state index contributed by atoms with van der Waals surface area (Å²) in [5.74, 6) is -0.0447. The number of carbonyl (C=O) groups is 1. The van der Waals surface area contributed by atoms with E-state index in [1.165, 1.54) is 16.7 Å². The third-order valence-electron chi connectivity index (χ3n) is 4.23. The molecule has 0 saturated carbocycles. The lowest BCUT2D eigenvalue weighted by Gasteiger charge is -2.19. The van der Waals surface area contributed by atoms with Crippen LogP contribution in [-0.4, -0.2) is 39.7 Å². The van der Waals surface area contributed by atoms with Gasteiger partial charge < -0.3 is 4.90 Å². The number of thioether (sulfide) groups is 1. The van der Waals surface area contributed by atoms with Gasteiger partial charge >= 0.3 is 0 Å². The number of para-hydroxylation sites is 1. The average Bonchev–Trinajstić information content (AvgIpc) is 2.62. The van der Waals surface area contributed by atoms with Crippen LogP contribution in [0.1, 0.15) is 12.5 Å². The third-order valence-corrected chi connectivity index (χ3v) is 5.50. The van der Waals surface area contributed by atoms with Gasteiger partial charge in [-0.1, -0.05) is 41.6 Å². The highest BCUT2D eigenvalue weighted by molar-refractivity contribution is 8.00. The lowest BCUT2D eigenvalue weighted by atomic mass is 10.2. The number of carbonyl (C=O) groups excluding carboxylic acids is 1. The molecule has 7 heteroatoms. The Balaban J connectivity index is 2.26. The van der Waals surface area contributed by atoms with Crippen LogP contribution in [-0.2, 0) is 4.79 Å². The first-order valence-electron chi connectivity index (χ1n) is 8.45. The van der Waals surface area contributed by atoms with E-state index in [9.17, 15) is 9.59 Å². The van der Waals surface area contributed by atoms with E-state index in [1.54, 1.807) is 36.9 Å². The fraction of sp³-hybridized carbons (Fsp3) is 0.250. The first-order valence-corrected chi connectivity index (χ1v) is 9.71. The number of hydrogen-bond donors (Lipinski definition) is 0. The summed E-state index contributed by atoms with van der Waals surface area (Å²) in [4.78, 5) is 31.8. The lowest BCUT2D eigenvalue weighted by molar-refractivity contribution is -0.127. The molecule has 0 bridgehead atoms. The van der Waals surface area contributed by atoms with Crippen molar-refractivity contribution in [3.8, 4) is 5.69 Å². The SMILES string of the molecule is Cc1ccccc1-n1c(S[C@@H](C)C(=O)N(C)C)nc2cc(Cl)ccc2c1=O. The molecule has 3 aromatic rings. The van der Waals surface area contributed by atoms with Gasteiger partial charge in [-0.15, -0.1) is 0 Å². The third kappa shape index (κ3) is 3.87. The number of amides is 1. The molecule has 0 fully saturated rings. The number of rotatable bonds is 4. The van der Waals surface area contributed by atoms with Crippen molar-refractivity contribution in [2.75, 3.05) is 14.1 Å². The first-order chi connectivity index (χ1) is 12.8. The number of hydrogen-bond acceptors (Lipinski definition) is 4. The summed E-state index contributed by atoms with van der Waals surface area (Å²) < 4.78 is 1.58. The summed E-state index contributed by atoms with van der Waals surface area (Å²) in [5.41, 5.74) is 2.03. The Morgan fingerprint density at radius 1 is 1.22 bits per heavy atom. The standard InChI is InChI=1S/C20H20ClN3O2S/c1-12-7-5-6-8-17(12)24-19(26)15-10-9-14(21)11-16(15)22-20(24)27-13(2)18(25)23(3)4/h5-11,13H,1-4H3/t13-/m0/s1. The largest absolute Gasteiger partial charge is 0.348 e. The van der Waals surface area contributed by atoms with Gasteiger partial charge in [-0.3, -0.25) is 14.2 Å². The van der Waals surface area contributed by atoms with Crippen molar-refractivity contribution in [2.24, 2.45) is 0 Å². The minimum Gasteiger partial charge on any atom is -0.348 e. The maximum atomic E-state index is 13.3. The predicted molar refractivity (Wildman–Crippen MR) is 111 cm³/mol. The molecule has 1 heterocycles. The number of fused-ring (bicyclic) bond motifs is 1. The van der Waals surface area contributed by atoms with Crippen molar-refractivity contribution in [2.45, 2.75) is 24.3 Å². The van der Waals surface area contributed by atoms with Gasteiger partial charge in [-0.05, 0) is 43.7 Å². The van der Waals surface area contributed by atoms with Crippen LogP contribution in [0.25, 0.3) is 16.6 Å². The van der Waals surface area contributed by atoms with E-state index in [-0.39, 0.29) is 16.7 Å². The summed E-state index contributed by atoms with van der Waals surface area (Å²) in [6.45, 7) is 3.75. The van der Waals surface area contributed by atoms with Gasteiger partial charge in [0.25, 0.3) is 5.56 Å². The minimum absolute atomic E-state index is 0.0447. The highest BCUT2D eigenvalue weighted by Gasteiger charge is 2.22. The van der Waals surface area contributed by atoms with Crippen molar-refractivity contribution >= 4 is 40.2 Å². The molecular weight excluding hydrogens is 382 g/mol. The van der Waals surface area contributed by atoms with Crippen LogP contribution in [0.4, 0.5) is 0 Å². The molecule has 0 spiro atoms. The van der Waals surface area contributed by atoms with Crippen LogP contribution >= 0.6 is 23.4 Å². The Kier molecular flexibility index (Phi) is 5.58. The van der Waals surface area contributed by atoms with E-state index >= 15 is 0 Å². The van der Waals surface area contributed by atoms with Gasteiger partial charge in [0.2, 0.25) is 5.91 Å². The molecule has 0 aliphatic rings. The summed E-state index contributed by atoms with van der Waals surface area (Å²) in [6, 6.07) is 12.7. The van der Waals surface area contributed by atoms with Crippen molar-refractivity contribution in [1.82, 2.24) is 14.5 Å². The topological polar surface area (TPSA) is 55.2 Å². The quantitative estimate of drug-likeness (QED) is 0.491. The van der Waals surface area contributed by atoms with Crippen LogP contribution in [0.3, 0.4) is 0 Å². The van der Waals surface area contributed by atoms with E-state index in [4.69, 9.17) is 11.6 Å². The van der Waals surface area contributed by atoms with Gasteiger partial charge in [0, 0.05) is 19.1 Å². The zero-order valence-electron chi connectivity index (χ0n) is 15.6. The van der Waals surface area contributed by atoms with Gasteiger partial charge in [-0.25, -0.2) is 4.98 Å². The average molecular weight is 402 g/mol. The first kappa shape index (κ1) is 19.5. The number of benzene rings is 2. The van der Waals surface area contributed by atoms with Crippen LogP contribution in [0.2, 0.25) is 5.02 Å². The number of aryl methyl sites for hydroxylation is 1. The normalized spacial score (nSPS) is 12.2. The number of nitrogens with zero attached hydrogens (tertiary/aromatic N) is 3. The Morgan fingerprint density at radius 2 is 1.93 bits per heavy atom. The number of halogens is 1. The molecule has 2 aromatic carbocycles. The van der Waals surface area contributed by atoms with E-state index in [2.05, 4.69) is 4.98 Å². The number of aromatic nitrogens is 2. The van der Waals surface area contributed by atoms with Crippen molar-refractivity contribution in [3.63, 3.8) is 0 Å². The Morgan fingerprint density at radius 3 is 2.59 bits per heavy atom. The Labute approximate surface area is 167 Å². The van der Waals surface area contributed by atoms with Gasteiger partial charge in [-0.2, -0.15) is 0 Å². The predicted octanol–water partition coefficient (Wildman–Crippen LogP) is 3.92. The van der Waals surface area contributed by atoms with Crippen LogP contribution in [0.15, 0.2) is 52.4 Å². The highest BCUT2D eigenvalue weighted by Crippen LogP contribution is 2.27. The van der Waals surface area contributed by atoms with E-state index in [0.717, 1.165) is 11.3 Å². The maximum Gasteiger partial charge on any atom is 0.266 e. The van der Waals surface area contributed by atoms with Crippen LogP contribution in [0.5, 0.6) is 0 Å². The fourth-order valence-corrected chi connectivity index (χ4v) is 4.05. The second-order valence-electron chi connectivity index (χ2n) is 6.48. The zero-order chi connectivity index (χ0) is 19.7. The molecule has 1 aromatic heterocycles. The summed E-state index contributed by atoms with van der Waals surface area (Å²) >= 11 is 7.35. The van der Waals surface area contributed by atoms with Crippen LogP contribution in [0, 0.1) is 6.92 Å². The van der Waals surface area contributed by atoms with Crippen molar-refractivity contribution < 1.29 is 4.79 Å². The molecule has 0 saturated heterocycles. The van der Waals surface area contributed by atoms with E-state index in [1.807, 2.05) is 38.1 Å². The van der Waals surface area contributed by atoms with Crippen LogP contribution < -0.4 is 5.56 Å². The molecule has 0 unspecified atom stereocenters. The second kappa shape index (κ2) is 7.74. The molecule has 0 N–H and O–H groups in total. The molecule has 5 nitrogen and oxygen atoms in total. The molecule has 140 valence electrons. The Bertz CT molecular complexity index is 1080.